The van der Waals surface area contributed by atoms with E-state index in [1.54, 1.807) is 22.9 Å². The van der Waals surface area contributed by atoms with Crippen LogP contribution in [0.3, 0.4) is 0 Å². The Balaban J connectivity index is 1.58. The molecular weight excluding hydrogens is 371 g/mol. The van der Waals surface area contributed by atoms with Crippen LogP contribution in [0.4, 0.5) is 10.1 Å². The molecule has 0 bridgehead atoms. The van der Waals surface area contributed by atoms with Crippen molar-refractivity contribution in [3.05, 3.63) is 64.5 Å². The van der Waals surface area contributed by atoms with Gasteiger partial charge >= 0.3 is 5.63 Å². The molecule has 1 aliphatic rings. The SMILES string of the molecule is Cc1cc(F)c2nc(-c3cc4ccc(N5CCN[C@@H](C)C5)cc4oc3=O)cn2c1. The number of hydrogen-bond acceptors (Lipinski definition) is 5. The van der Waals surface area contributed by atoms with E-state index in [4.69, 9.17) is 4.42 Å². The molecule has 3 aromatic heterocycles. The lowest BCUT2D eigenvalue weighted by molar-refractivity contribution is 0.484. The Kier molecular flexibility index (Phi) is 4.13. The summed E-state index contributed by atoms with van der Waals surface area (Å²) in [5.41, 5.74) is 2.77. The van der Waals surface area contributed by atoms with E-state index in [0.29, 0.717) is 22.9 Å². The molecule has 0 unspecified atom stereocenters. The molecule has 4 aromatic rings. The van der Waals surface area contributed by atoms with Crippen molar-refractivity contribution < 1.29 is 8.81 Å². The van der Waals surface area contributed by atoms with E-state index < -0.39 is 11.4 Å². The summed E-state index contributed by atoms with van der Waals surface area (Å²) >= 11 is 0. The molecule has 4 heterocycles. The first-order valence-corrected chi connectivity index (χ1v) is 9.69. The molecule has 0 radical (unpaired) electrons. The van der Waals surface area contributed by atoms with Gasteiger partial charge in [0.2, 0.25) is 0 Å². The van der Waals surface area contributed by atoms with Crippen LogP contribution in [-0.2, 0) is 0 Å². The highest BCUT2D eigenvalue weighted by molar-refractivity contribution is 5.84. The van der Waals surface area contributed by atoms with Gasteiger partial charge < -0.3 is 19.0 Å². The van der Waals surface area contributed by atoms with E-state index in [1.165, 1.54) is 6.07 Å². The molecule has 1 aromatic carbocycles. The molecule has 1 N–H and O–H groups in total. The Morgan fingerprint density at radius 1 is 1.24 bits per heavy atom. The smallest absolute Gasteiger partial charge is 0.345 e. The summed E-state index contributed by atoms with van der Waals surface area (Å²) in [6.45, 7) is 6.69. The number of imidazole rings is 1. The van der Waals surface area contributed by atoms with Crippen molar-refractivity contribution in [1.29, 1.82) is 0 Å². The highest BCUT2D eigenvalue weighted by atomic mass is 19.1. The number of fused-ring (bicyclic) bond motifs is 2. The quantitative estimate of drug-likeness (QED) is 0.530. The van der Waals surface area contributed by atoms with Gasteiger partial charge in [-0.25, -0.2) is 14.2 Å². The van der Waals surface area contributed by atoms with Gasteiger partial charge in [-0.15, -0.1) is 0 Å². The third-order valence-electron chi connectivity index (χ3n) is 5.37. The lowest BCUT2D eigenvalue weighted by Crippen LogP contribution is -2.49. The van der Waals surface area contributed by atoms with Crippen LogP contribution in [0.1, 0.15) is 12.5 Å². The summed E-state index contributed by atoms with van der Waals surface area (Å²) in [6.07, 6.45) is 3.43. The van der Waals surface area contributed by atoms with Gasteiger partial charge in [-0.2, -0.15) is 0 Å². The minimum atomic E-state index is -0.483. The second kappa shape index (κ2) is 6.70. The van der Waals surface area contributed by atoms with Crippen molar-refractivity contribution in [3.8, 4) is 11.3 Å². The van der Waals surface area contributed by atoms with Gasteiger partial charge in [0.15, 0.2) is 11.5 Å². The van der Waals surface area contributed by atoms with Crippen molar-refractivity contribution in [2.24, 2.45) is 0 Å². The Morgan fingerprint density at radius 2 is 2.10 bits per heavy atom. The van der Waals surface area contributed by atoms with Crippen LogP contribution in [0.5, 0.6) is 0 Å². The molecule has 0 saturated carbocycles. The second-order valence-corrected chi connectivity index (χ2v) is 7.69. The average molecular weight is 392 g/mol. The van der Waals surface area contributed by atoms with Gasteiger partial charge in [0.1, 0.15) is 5.58 Å². The number of benzene rings is 1. The molecule has 5 rings (SSSR count). The van der Waals surface area contributed by atoms with E-state index in [0.717, 1.165) is 36.3 Å². The number of piperazine rings is 1. The predicted molar refractivity (Wildman–Crippen MR) is 111 cm³/mol. The normalized spacial score (nSPS) is 17.3. The number of nitrogens with zero attached hydrogens (tertiary/aromatic N) is 3. The van der Waals surface area contributed by atoms with Crippen molar-refractivity contribution in [2.45, 2.75) is 19.9 Å². The molecule has 1 atom stereocenters. The lowest BCUT2D eigenvalue weighted by Gasteiger charge is -2.33. The third kappa shape index (κ3) is 3.17. The van der Waals surface area contributed by atoms with Crippen molar-refractivity contribution >= 4 is 22.3 Å². The molecule has 1 aliphatic heterocycles. The molecule has 0 amide bonds. The van der Waals surface area contributed by atoms with Gasteiger partial charge in [-0.05, 0) is 43.7 Å². The average Bonchev–Trinajstić information content (AvgIpc) is 3.11. The van der Waals surface area contributed by atoms with E-state index in [1.807, 2.05) is 25.1 Å². The summed E-state index contributed by atoms with van der Waals surface area (Å²) < 4.78 is 21.4. The van der Waals surface area contributed by atoms with Gasteiger partial charge in [0.05, 0.1) is 11.3 Å². The van der Waals surface area contributed by atoms with E-state index >= 15 is 0 Å². The Bertz CT molecular complexity index is 1290. The van der Waals surface area contributed by atoms with Crippen LogP contribution in [-0.4, -0.2) is 35.1 Å². The van der Waals surface area contributed by atoms with Gasteiger partial charge in [0, 0.05) is 55.2 Å². The molecule has 0 spiro atoms. The Hall–Kier alpha value is -3.19. The summed E-state index contributed by atoms with van der Waals surface area (Å²) in [5, 5.41) is 4.23. The molecular formula is C22H21FN4O2. The van der Waals surface area contributed by atoms with Crippen molar-refractivity contribution in [2.75, 3.05) is 24.5 Å². The zero-order valence-corrected chi connectivity index (χ0v) is 16.3. The minimum absolute atomic E-state index is 0.188. The molecule has 0 aliphatic carbocycles. The van der Waals surface area contributed by atoms with E-state index in [-0.39, 0.29) is 5.65 Å². The van der Waals surface area contributed by atoms with Crippen LogP contribution in [0.2, 0.25) is 0 Å². The van der Waals surface area contributed by atoms with E-state index in [9.17, 15) is 9.18 Å². The molecule has 1 saturated heterocycles. The maximum absolute atomic E-state index is 14.2. The maximum atomic E-state index is 14.2. The second-order valence-electron chi connectivity index (χ2n) is 7.69. The first-order valence-electron chi connectivity index (χ1n) is 9.69. The molecule has 1 fully saturated rings. The van der Waals surface area contributed by atoms with Gasteiger partial charge in [-0.3, -0.25) is 0 Å². The fraction of sp³-hybridized carbons (Fsp3) is 0.273. The Morgan fingerprint density at radius 3 is 2.93 bits per heavy atom. The fourth-order valence-electron chi connectivity index (χ4n) is 3.96. The lowest BCUT2D eigenvalue weighted by atomic mass is 10.1. The predicted octanol–water partition coefficient (Wildman–Crippen LogP) is 3.35. The molecule has 6 nitrogen and oxygen atoms in total. The van der Waals surface area contributed by atoms with Crippen LogP contribution in [0.15, 0.2) is 51.9 Å². The number of anilines is 1. The van der Waals surface area contributed by atoms with Crippen LogP contribution >= 0.6 is 0 Å². The standard InChI is InChI=1S/C22H21FN4O2/c1-13-7-18(23)21-25-19(12-27(21)10-13)17-8-15-3-4-16(9-20(15)29-22(17)28)26-6-5-24-14(2)11-26/h3-4,7-10,12,14,24H,5-6,11H2,1-2H3/t14-/m0/s1. The fourth-order valence-corrected chi connectivity index (χ4v) is 3.96. The molecule has 148 valence electrons. The zero-order valence-electron chi connectivity index (χ0n) is 16.3. The summed E-state index contributed by atoms with van der Waals surface area (Å²) in [4.78, 5) is 19.3. The number of rotatable bonds is 2. The zero-order chi connectivity index (χ0) is 20.1. The van der Waals surface area contributed by atoms with E-state index in [2.05, 4.69) is 22.1 Å². The molecule has 29 heavy (non-hydrogen) atoms. The number of aromatic nitrogens is 2. The highest BCUT2D eigenvalue weighted by Gasteiger charge is 2.18. The van der Waals surface area contributed by atoms with Crippen LogP contribution in [0, 0.1) is 12.7 Å². The Labute approximate surface area is 166 Å². The number of hydrogen-bond donors (Lipinski definition) is 1. The third-order valence-corrected chi connectivity index (χ3v) is 5.37. The largest absolute Gasteiger partial charge is 0.422 e. The minimum Gasteiger partial charge on any atom is -0.422 e. The topological polar surface area (TPSA) is 62.8 Å². The number of aryl methyl sites for hydroxylation is 1. The van der Waals surface area contributed by atoms with Crippen molar-refractivity contribution in [1.82, 2.24) is 14.7 Å². The summed E-state index contributed by atoms with van der Waals surface area (Å²) in [6, 6.07) is 9.49. The molecule has 7 heteroatoms. The number of halogens is 1. The summed E-state index contributed by atoms with van der Waals surface area (Å²) in [7, 11) is 0. The van der Waals surface area contributed by atoms with Crippen LogP contribution in [0.25, 0.3) is 27.9 Å². The number of nitrogens with one attached hydrogen (secondary N) is 1. The monoisotopic (exact) mass is 392 g/mol. The van der Waals surface area contributed by atoms with Gasteiger partial charge in [0.25, 0.3) is 0 Å². The van der Waals surface area contributed by atoms with Gasteiger partial charge in [-0.1, -0.05) is 0 Å². The summed E-state index contributed by atoms with van der Waals surface area (Å²) in [5.74, 6) is -0.420. The first kappa shape index (κ1) is 17.9. The first-order chi connectivity index (χ1) is 14.0. The number of pyridine rings is 1. The highest BCUT2D eigenvalue weighted by Crippen LogP contribution is 2.26. The van der Waals surface area contributed by atoms with Crippen molar-refractivity contribution in [3.63, 3.8) is 0 Å². The maximum Gasteiger partial charge on any atom is 0.345 e. The van der Waals surface area contributed by atoms with Crippen LogP contribution < -0.4 is 15.8 Å².